The van der Waals surface area contributed by atoms with Gasteiger partial charge in [0.1, 0.15) is 5.82 Å². The smallest absolute Gasteiger partial charge is 0.123 e. The maximum atomic E-state index is 13.5. The van der Waals surface area contributed by atoms with Crippen molar-refractivity contribution >= 4 is 27.5 Å². The van der Waals surface area contributed by atoms with E-state index in [1.165, 1.54) is 12.1 Å². The number of rotatable bonds is 5. The van der Waals surface area contributed by atoms with Gasteiger partial charge in [0.2, 0.25) is 0 Å². The maximum absolute atomic E-state index is 13.5. The van der Waals surface area contributed by atoms with Gasteiger partial charge < -0.3 is 0 Å². The van der Waals surface area contributed by atoms with Crippen molar-refractivity contribution < 1.29 is 4.39 Å². The zero-order valence-electron chi connectivity index (χ0n) is 11.8. The summed E-state index contributed by atoms with van der Waals surface area (Å²) in [7, 11) is 0. The quantitative estimate of drug-likeness (QED) is 0.621. The fourth-order valence-corrected chi connectivity index (χ4v) is 3.03. The minimum atomic E-state index is -0.306. The van der Waals surface area contributed by atoms with Crippen molar-refractivity contribution in [2.75, 3.05) is 0 Å². The van der Waals surface area contributed by atoms with E-state index in [0.717, 1.165) is 21.4 Å². The average Bonchev–Trinajstić information content (AvgIpc) is 2.74. The van der Waals surface area contributed by atoms with Crippen LogP contribution in [0.2, 0.25) is 5.02 Å². The summed E-state index contributed by atoms with van der Waals surface area (Å²) in [4.78, 5) is 0. The monoisotopic (exact) mass is 374 g/mol. The Morgan fingerprint density at radius 3 is 2.86 bits per heavy atom. The van der Waals surface area contributed by atoms with Gasteiger partial charge in [-0.05, 0) is 37.6 Å². The third kappa shape index (κ3) is 3.45. The highest BCUT2D eigenvalue weighted by Crippen LogP contribution is 2.30. The van der Waals surface area contributed by atoms with Crippen molar-refractivity contribution in [3.63, 3.8) is 0 Å². The van der Waals surface area contributed by atoms with Gasteiger partial charge in [0, 0.05) is 17.4 Å². The summed E-state index contributed by atoms with van der Waals surface area (Å²) in [5.74, 6) is 5.35. The molecular weight excluding hydrogens is 359 g/mol. The van der Waals surface area contributed by atoms with Crippen molar-refractivity contribution in [3.8, 4) is 0 Å². The van der Waals surface area contributed by atoms with Crippen LogP contribution in [0.15, 0.2) is 22.7 Å². The van der Waals surface area contributed by atoms with Gasteiger partial charge in [0.05, 0.1) is 22.5 Å². The minimum Gasteiger partial charge on any atom is -0.271 e. The molecule has 0 radical (unpaired) electrons. The third-order valence-corrected chi connectivity index (χ3v) is 4.60. The first-order valence-electron chi connectivity index (χ1n) is 6.60. The molecule has 0 saturated heterocycles. The number of aromatic nitrogens is 2. The minimum absolute atomic E-state index is 0.269. The molecule has 1 atom stereocenters. The molecule has 1 aromatic carbocycles. The molecule has 0 fully saturated rings. The lowest BCUT2D eigenvalue weighted by molar-refractivity contribution is 0.511. The van der Waals surface area contributed by atoms with Crippen molar-refractivity contribution in [3.05, 3.63) is 50.5 Å². The molecule has 0 saturated carbocycles. The highest BCUT2D eigenvalue weighted by molar-refractivity contribution is 9.10. The van der Waals surface area contributed by atoms with Gasteiger partial charge in [0.15, 0.2) is 0 Å². The molecule has 0 amide bonds. The number of benzene rings is 1. The second-order valence-electron chi connectivity index (χ2n) is 4.75. The lowest BCUT2D eigenvalue weighted by Gasteiger charge is -2.19. The summed E-state index contributed by atoms with van der Waals surface area (Å²) in [5, 5.41) is 5.01. The number of hydrogen-bond donors (Lipinski definition) is 2. The van der Waals surface area contributed by atoms with Crippen LogP contribution in [-0.4, -0.2) is 9.78 Å². The molecule has 0 bridgehead atoms. The summed E-state index contributed by atoms with van der Waals surface area (Å²) in [5.41, 5.74) is 5.14. The van der Waals surface area contributed by atoms with Crippen LogP contribution >= 0.6 is 27.5 Å². The van der Waals surface area contributed by atoms with Crippen LogP contribution in [0.3, 0.4) is 0 Å². The number of hydrogen-bond acceptors (Lipinski definition) is 3. The number of hydrazine groups is 1. The summed E-state index contributed by atoms with van der Waals surface area (Å²) in [6, 6.07) is 4.25. The van der Waals surface area contributed by atoms with Crippen LogP contribution in [0.1, 0.15) is 29.9 Å². The molecule has 2 aromatic rings. The van der Waals surface area contributed by atoms with Crippen LogP contribution in [-0.2, 0) is 13.0 Å². The zero-order valence-corrected chi connectivity index (χ0v) is 14.2. The van der Waals surface area contributed by atoms with Gasteiger partial charge in [-0.2, -0.15) is 5.10 Å². The lowest BCUT2D eigenvalue weighted by Crippen LogP contribution is -2.30. The highest BCUT2D eigenvalue weighted by Gasteiger charge is 2.20. The first-order chi connectivity index (χ1) is 9.97. The number of nitrogens with zero attached hydrogens (tertiary/aromatic N) is 2. The average molecular weight is 376 g/mol. The SMILES string of the molecule is CCn1nc(C)c(Cl)c1CC(NN)c1cc(F)ccc1Br. The van der Waals surface area contributed by atoms with Gasteiger partial charge in [-0.3, -0.25) is 16.0 Å². The van der Waals surface area contributed by atoms with E-state index in [0.29, 0.717) is 18.0 Å². The van der Waals surface area contributed by atoms with Gasteiger partial charge in [0.25, 0.3) is 0 Å². The predicted octanol–water partition coefficient (Wildman–Crippen LogP) is 3.51. The predicted molar refractivity (Wildman–Crippen MR) is 85.5 cm³/mol. The molecule has 1 heterocycles. The Morgan fingerprint density at radius 2 is 2.24 bits per heavy atom. The van der Waals surface area contributed by atoms with E-state index in [1.807, 2.05) is 18.5 Å². The fourth-order valence-electron chi connectivity index (χ4n) is 2.30. The summed E-state index contributed by atoms with van der Waals surface area (Å²) >= 11 is 9.74. The highest BCUT2D eigenvalue weighted by atomic mass is 79.9. The van der Waals surface area contributed by atoms with Crippen molar-refractivity contribution in [2.24, 2.45) is 5.84 Å². The fraction of sp³-hybridized carbons (Fsp3) is 0.357. The number of halogens is 3. The van der Waals surface area contributed by atoms with E-state index >= 15 is 0 Å². The second kappa shape index (κ2) is 6.87. The van der Waals surface area contributed by atoms with Crippen LogP contribution < -0.4 is 11.3 Å². The Morgan fingerprint density at radius 1 is 1.52 bits per heavy atom. The van der Waals surface area contributed by atoms with Gasteiger partial charge >= 0.3 is 0 Å². The molecule has 0 spiro atoms. The van der Waals surface area contributed by atoms with Gasteiger partial charge in [-0.15, -0.1) is 0 Å². The topological polar surface area (TPSA) is 55.9 Å². The van der Waals surface area contributed by atoms with Crippen LogP contribution in [0.5, 0.6) is 0 Å². The van der Waals surface area contributed by atoms with E-state index in [-0.39, 0.29) is 11.9 Å². The molecule has 2 rings (SSSR count). The summed E-state index contributed by atoms with van der Waals surface area (Å²) in [6.45, 7) is 4.57. The number of aryl methyl sites for hydroxylation is 2. The standard InChI is InChI=1S/C14H17BrClFN4/c1-3-21-13(14(16)8(2)20-21)7-12(19-18)10-6-9(17)4-5-11(10)15/h4-6,12,19H,3,7,18H2,1-2H3. The lowest BCUT2D eigenvalue weighted by atomic mass is 10.0. The molecule has 0 aliphatic rings. The van der Waals surface area contributed by atoms with Gasteiger partial charge in [-0.25, -0.2) is 4.39 Å². The largest absolute Gasteiger partial charge is 0.271 e. The van der Waals surface area contributed by atoms with Crippen molar-refractivity contribution in [1.29, 1.82) is 0 Å². The van der Waals surface area contributed by atoms with E-state index < -0.39 is 0 Å². The molecule has 0 aliphatic carbocycles. The van der Waals surface area contributed by atoms with Crippen LogP contribution in [0.4, 0.5) is 4.39 Å². The van der Waals surface area contributed by atoms with E-state index in [4.69, 9.17) is 17.4 Å². The third-order valence-electron chi connectivity index (χ3n) is 3.38. The molecule has 21 heavy (non-hydrogen) atoms. The Balaban J connectivity index is 2.38. The Bertz CT molecular complexity index is 644. The Labute approximate surface area is 136 Å². The molecule has 7 heteroatoms. The molecule has 1 aromatic heterocycles. The van der Waals surface area contributed by atoms with E-state index in [2.05, 4.69) is 26.5 Å². The van der Waals surface area contributed by atoms with Gasteiger partial charge in [-0.1, -0.05) is 27.5 Å². The molecule has 3 N–H and O–H groups in total. The summed E-state index contributed by atoms with van der Waals surface area (Å²) in [6.07, 6.45) is 0.520. The zero-order chi connectivity index (χ0) is 15.6. The summed E-state index contributed by atoms with van der Waals surface area (Å²) < 4.78 is 16.1. The number of nitrogens with two attached hydrogens (primary N) is 1. The molecule has 4 nitrogen and oxygen atoms in total. The first kappa shape index (κ1) is 16.4. The Hall–Kier alpha value is -0.950. The number of nitrogens with one attached hydrogen (secondary N) is 1. The van der Waals surface area contributed by atoms with Crippen molar-refractivity contribution in [2.45, 2.75) is 32.9 Å². The van der Waals surface area contributed by atoms with E-state index in [9.17, 15) is 4.39 Å². The Kier molecular flexibility index (Phi) is 5.37. The van der Waals surface area contributed by atoms with Crippen molar-refractivity contribution in [1.82, 2.24) is 15.2 Å². The molecular formula is C14H17BrClFN4. The van der Waals surface area contributed by atoms with Crippen LogP contribution in [0.25, 0.3) is 0 Å². The molecule has 114 valence electrons. The maximum Gasteiger partial charge on any atom is 0.123 e. The normalized spacial score (nSPS) is 12.7. The van der Waals surface area contributed by atoms with Crippen LogP contribution in [0, 0.1) is 12.7 Å². The first-order valence-corrected chi connectivity index (χ1v) is 7.77. The second-order valence-corrected chi connectivity index (χ2v) is 5.98. The molecule has 1 unspecified atom stereocenters. The van der Waals surface area contributed by atoms with E-state index in [1.54, 1.807) is 6.07 Å². The molecule has 0 aliphatic heterocycles.